The largest absolute Gasteiger partial charge is 0.348 e. The summed E-state index contributed by atoms with van der Waals surface area (Å²) in [5.41, 5.74) is 5.31. The van der Waals surface area contributed by atoms with E-state index >= 15 is 0 Å². The van der Waals surface area contributed by atoms with E-state index in [0.29, 0.717) is 6.04 Å². The zero-order chi connectivity index (χ0) is 19.3. The Hall–Kier alpha value is -2.22. The van der Waals surface area contributed by atoms with E-state index in [1.165, 1.54) is 5.56 Å². The summed E-state index contributed by atoms with van der Waals surface area (Å²) in [7, 11) is 4.12. The summed E-state index contributed by atoms with van der Waals surface area (Å²) in [5.74, 6) is 0. The predicted molar refractivity (Wildman–Crippen MR) is 123 cm³/mol. The number of aromatic nitrogens is 4. The van der Waals surface area contributed by atoms with Crippen molar-refractivity contribution in [3.8, 4) is 11.3 Å². The lowest BCUT2D eigenvalue weighted by Crippen LogP contribution is -2.41. The topological polar surface area (TPSA) is 58.9 Å². The van der Waals surface area contributed by atoms with E-state index in [0.717, 1.165) is 63.6 Å². The molecule has 3 aromatic heterocycles. The SMILES string of the molecule is Cc1cc(-c2ccc3nc(N(C)C4CCNCC4)sc3n2)cc2cn(C)nc12.Cl. The fourth-order valence-corrected chi connectivity index (χ4v) is 5.02. The fourth-order valence-electron chi connectivity index (χ4n) is 4.05. The molecule has 1 N–H and O–H groups in total. The van der Waals surface area contributed by atoms with Crippen LogP contribution in [-0.2, 0) is 7.05 Å². The first-order chi connectivity index (χ1) is 13.6. The number of piperidine rings is 1. The van der Waals surface area contributed by atoms with Crippen LogP contribution in [0.1, 0.15) is 18.4 Å². The molecule has 0 amide bonds. The second-order valence-electron chi connectivity index (χ2n) is 7.64. The van der Waals surface area contributed by atoms with Gasteiger partial charge in [0.05, 0.1) is 11.2 Å². The molecule has 8 heteroatoms. The van der Waals surface area contributed by atoms with Gasteiger partial charge in [0.15, 0.2) is 5.13 Å². The average Bonchev–Trinajstić information content (AvgIpc) is 3.30. The van der Waals surface area contributed by atoms with Gasteiger partial charge in [0.1, 0.15) is 10.3 Å². The Morgan fingerprint density at radius 3 is 2.76 bits per heavy atom. The van der Waals surface area contributed by atoms with E-state index in [2.05, 4.69) is 59.7 Å². The van der Waals surface area contributed by atoms with Crippen molar-refractivity contribution in [1.82, 2.24) is 25.1 Å². The monoisotopic (exact) mass is 428 g/mol. The minimum Gasteiger partial charge on any atom is -0.348 e. The number of fused-ring (bicyclic) bond motifs is 2. The lowest BCUT2D eigenvalue weighted by Gasteiger charge is -2.31. The summed E-state index contributed by atoms with van der Waals surface area (Å²) >= 11 is 1.69. The summed E-state index contributed by atoms with van der Waals surface area (Å²) in [5, 5.41) is 10.2. The molecule has 0 bridgehead atoms. The lowest BCUT2D eigenvalue weighted by atomic mass is 10.0. The van der Waals surface area contributed by atoms with Gasteiger partial charge in [-0.3, -0.25) is 4.68 Å². The quantitative estimate of drug-likeness (QED) is 0.530. The Morgan fingerprint density at radius 1 is 1.17 bits per heavy atom. The van der Waals surface area contributed by atoms with Crippen molar-refractivity contribution < 1.29 is 0 Å². The molecule has 0 aliphatic carbocycles. The van der Waals surface area contributed by atoms with Crippen LogP contribution in [0.2, 0.25) is 0 Å². The van der Waals surface area contributed by atoms with Crippen molar-refractivity contribution in [2.75, 3.05) is 25.0 Å². The standard InChI is InChI=1S/C21H24N6S.ClH/c1-13-10-14(11-15-12-26(2)25-19(13)15)17-4-5-18-20(23-17)28-21(24-18)27(3)16-6-8-22-9-7-16;/h4-5,10-12,16,22H,6-9H2,1-3H3;1H. The molecule has 0 spiro atoms. The first-order valence-electron chi connectivity index (χ1n) is 9.74. The van der Waals surface area contributed by atoms with Crippen LogP contribution < -0.4 is 10.2 Å². The molecule has 1 saturated heterocycles. The molecule has 0 radical (unpaired) electrons. The third-order valence-corrected chi connectivity index (χ3v) is 6.67. The van der Waals surface area contributed by atoms with Gasteiger partial charge in [-0.05, 0) is 62.7 Å². The number of hydrogen-bond donors (Lipinski definition) is 1. The molecule has 5 rings (SSSR count). The maximum atomic E-state index is 4.94. The number of nitrogens with zero attached hydrogens (tertiary/aromatic N) is 5. The van der Waals surface area contributed by atoms with Crippen molar-refractivity contribution in [1.29, 1.82) is 0 Å². The Bertz CT molecular complexity index is 1160. The van der Waals surface area contributed by atoms with Crippen molar-refractivity contribution in [3.63, 3.8) is 0 Å². The third-order valence-electron chi connectivity index (χ3n) is 5.61. The number of hydrogen-bond acceptors (Lipinski definition) is 6. The van der Waals surface area contributed by atoms with Crippen LogP contribution in [0.25, 0.3) is 32.5 Å². The van der Waals surface area contributed by atoms with Crippen LogP contribution >= 0.6 is 23.7 Å². The molecule has 1 aliphatic rings. The lowest BCUT2D eigenvalue weighted by molar-refractivity contribution is 0.443. The van der Waals surface area contributed by atoms with E-state index < -0.39 is 0 Å². The molecule has 6 nitrogen and oxygen atoms in total. The molecular weight excluding hydrogens is 404 g/mol. The second kappa shape index (κ2) is 7.89. The van der Waals surface area contributed by atoms with Crippen LogP contribution in [0.5, 0.6) is 0 Å². The van der Waals surface area contributed by atoms with Gasteiger partial charge in [0, 0.05) is 37.3 Å². The van der Waals surface area contributed by atoms with Gasteiger partial charge >= 0.3 is 0 Å². The number of halogens is 1. The van der Waals surface area contributed by atoms with Crippen LogP contribution in [0.4, 0.5) is 5.13 Å². The maximum Gasteiger partial charge on any atom is 0.187 e. The zero-order valence-corrected chi connectivity index (χ0v) is 18.5. The first-order valence-corrected chi connectivity index (χ1v) is 10.6. The predicted octanol–water partition coefficient (Wildman–Crippen LogP) is 4.16. The molecule has 29 heavy (non-hydrogen) atoms. The van der Waals surface area contributed by atoms with Crippen LogP contribution in [0.3, 0.4) is 0 Å². The maximum absolute atomic E-state index is 4.94. The van der Waals surface area contributed by atoms with Crippen molar-refractivity contribution in [2.45, 2.75) is 25.8 Å². The highest BCUT2D eigenvalue weighted by Gasteiger charge is 2.21. The molecule has 0 unspecified atom stereocenters. The van der Waals surface area contributed by atoms with Gasteiger partial charge < -0.3 is 10.2 Å². The summed E-state index contributed by atoms with van der Waals surface area (Å²) in [6.45, 7) is 4.27. The first kappa shape index (κ1) is 20.1. The molecule has 0 atom stereocenters. The molecule has 4 heterocycles. The highest BCUT2D eigenvalue weighted by atomic mass is 35.5. The number of aryl methyl sites for hydroxylation is 2. The fraction of sp³-hybridized carbons (Fsp3) is 0.381. The van der Waals surface area contributed by atoms with Gasteiger partial charge in [-0.1, -0.05) is 11.3 Å². The van der Waals surface area contributed by atoms with Gasteiger partial charge in [-0.15, -0.1) is 12.4 Å². The summed E-state index contributed by atoms with van der Waals surface area (Å²) in [6.07, 6.45) is 4.38. The Morgan fingerprint density at radius 2 is 1.97 bits per heavy atom. The number of anilines is 1. The number of thiazole rings is 1. The van der Waals surface area contributed by atoms with Crippen LogP contribution in [0.15, 0.2) is 30.5 Å². The summed E-state index contributed by atoms with van der Waals surface area (Å²) in [6, 6.07) is 9.07. The second-order valence-corrected chi connectivity index (χ2v) is 8.60. The molecule has 1 aromatic carbocycles. The molecule has 4 aromatic rings. The molecule has 1 aliphatic heterocycles. The normalized spacial score (nSPS) is 15.0. The van der Waals surface area contributed by atoms with Gasteiger partial charge in [0.2, 0.25) is 0 Å². The third kappa shape index (κ3) is 3.70. The smallest absolute Gasteiger partial charge is 0.187 e. The summed E-state index contributed by atoms with van der Waals surface area (Å²) < 4.78 is 1.87. The minimum absolute atomic E-state index is 0. The summed E-state index contributed by atoms with van der Waals surface area (Å²) in [4.78, 5) is 13.1. The highest BCUT2D eigenvalue weighted by molar-refractivity contribution is 7.21. The van der Waals surface area contributed by atoms with Crippen LogP contribution in [0, 0.1) is 6.92 Å². The van der Waals surface area contributed by atoms with E-state index in [1.807, 2.05) is 11.7 Å². The minimum atomic E-state index is 0. The number of rotatable bonds is 3. The number of benzene rings is 1. The Labute approximate surface area is 180 Å². The molecule has 1 fully saturated rings. The molecule has 0 saturated carbocycles. The van der Waals surface area contributed by atoms with Gasteiger partial charge in [-0.25, -0.2) is 9.97 Å². The van der Waals surface area contributed by atoms with Gasteiger partial charge in [0.25, 0.3) is 0 Å². The van der Waals surface area contributed by atoms with Crippen molar-refractivity contribution >= 4 is 50.1 Å². The van der Waals surface area contributed by atoms with E-state index in [1.54, 1.807) is 11.3 Å². The Balaban J connectivity index is 0.00000205. The van der Waals surface area contributed by atoms with Crippen molar-refractivity contribution in [3.05, 3.63) is 36.0 Å². The van der Waals surface area contributed by atoms with Crippen molar-refractivity contribution in [2.24, 2.45) is 7.05 Å². The molecular formula is C21H25ClN6S. The Kier molecular flexibility index (Phi) is 5.46. The van der Waals surface area contributed by atoms with E-state index in [9.17, 15) is 0 Å². The zero-order valence-electron chi connectivity index (χ0n) is 16.8. The highest BCUT2D eigenvalue weighted by Crippen LogP contribution is 2.32. The number of pyridine rings is 1. The van der Waals surface area contributed by atoms with Crippen LogP contribution in [-0.4, -0.2) is 45.9 Å². The van der Waals surface area contributed by atoms with E-state index in [-0.39, 0.29) is 12.4 Å². The molecule has 152 valence electrons. The van der Waals surface area contributed by atoms with Gasteiger partial charge in [-0.2, -0.15) is 5.10 Å². The number of nitrogens with one attached hydrogen (secondary N) is 1. The average molecular weight is 429 g/mol. The van der Waals surface area contributed by atoms with E-state index in [4.69, 9.17) is 9.97 Å².